The zero-order valence-corrected chi connectivity index (χ0v) is 16.6. The van der Waals surface area contributed by atoms with Crippen molar-refractivity contribution in [3.05, 3.63) is 63.1 Å². The molecule has 0 bridgehead atoms. The van der Waals surface area contributed by atoms with E-state index in [1.54, 1.807) is 11.3 Å². The Balaban J connectivity index is 1.53. The van der Waals surface area contributed by atoms with Crippen LogP contribution >= 0.6 is 23.1 Å². The van der Waals surface area contributed by atoms with Gasteiger partial charge in [-0.05, 0) is 38.3 Å². The van der Waals surface area contributed by atoms with Crippen molar-refractivity contribution in [3.63, 3.8) is 0 Å². The van der Waals surface area contributed by atoms with Crippen LogP contribution in [0.25, 0.3) is 0 Å². The van der Waals surface area contributed by atoms with Gasteiger partial charge in [0.15, 0.2) is 10.9 Å². The van der Waals surface area contributed by atoms with E-state index >= 15 is 0 Å². The number of rotatable bonds is 7. The predicted octanol–water partition coefficient (Wildman–Crippen LogP) is 4.86. The summed E-state index contributed by atoms with van der Waals surface area (Å²) in [4.78, 5) is 14.9. The number of thiophene rings is 1. The molecule has 1 fully saturated rings. The van der Waals surface area contributed by atoms with Crippen molar-refractivity contribution in [2.45, 2.75) is 44.3 Å². The SMILES string of the molecule is Cc1cc(C(=O)CSc2nnc(C3CC3)n2Cc2ccccc2)c(C)s1. The highest BCUT2D eigenvalue weighted by atomic mass is 32.2. The number of benzene rings is 1. The van der Waals surface area contributed by atoms with Crippen LogP contribution in [0.3, 0.4) is 0 Å². The Morgan fingerprint density at radius 3 is 2.65 bits per heavy atom. The quantitative estimate of drug-likeness (QED) is 0.432. The van der Waals surface area contributed by atoms with Gasteiger partial charge in [-0.15, -0.1) is 21.5 Å². The molecule has 0 atom stereocenters. The van der Waals surface area contributed by atoms with Crippen LogP contribution in [0.1, 0.15) is 50.3 Å². The molecule has 134 valence electrons. The average Bonchev–Trinajstić information content (AvgIpc) is 3.32. The van der Waals surface area contributed by atoms with Crippen molar-refractivity contribution in [2.75, 3.05) is 5.75 Å². The molecule has 0 N–H and O–H groups in total. The topological polar surface area (TPSA) is 47.8 Å². The van der Waals surface area contributed by atoms with E-state index in [0.717, 1.165) is 28.0 Å². The molecule has 0 spiro atoms. The summed E-state index contributed by atoms with van der Waals surface area (Å²) in [5, 5.41) is 9.66. The first-order valence-corrected chi connectivity index (χ1v) is 10.6. The zero-order chi connectivity index (χ0) is 18.1. The van der Waals surface area contributed by atoms with Crippen molar-refractivity contribution in [1.29, 1.82) is 0 Å². The second-order valence-corrected chi connectivity index (χ2v) is 9.13. The number of aryl methyl sites for hydroxylation is 2. The number of carbonyl (C=O) groups excluding carboxylic acids is 1. The summed E-state index contributed by atoms with van der Waals surface area (Å²) in [7, 11) is 0. The molecule has 1 saturated carbocycles. The smallest absolute Gasteiger partial charge is 0.191 e. The van der Waals surface area contributed by atoms with Crippen LogP contribution in [-0.2, 0) is 6.54 Å². The minimum Gasteiger partial charge on any atom is -0.301 e. The van der Waals surface area contributed by atoms with Crippen LogP contribution < -0.4 is 0 Å². The van der Waals surface area contributed by atoms with Crippen molar-refractivity contribution < 1.29 is 4.79 Å². The number of hydrogen-bond acceptors (Lipinski definition) is 5. The summed E-state index contributed by atoms with van der Waals surface area (Å²) < 4.78 is 2.19. The van der Waals surface area contributed by atoms with Gasteiger partial charge in [0.1, 0.15) is 5.82 Å². The maximum absolute atomic E-state index is 12.6. The van der Waals surface area contributed by atoms with Crippen LogP contribution in [-0.4, -0.2) is 26.3 Å². The van der Waals surface area contributed by atoms with Crippen LogP contribution in [0.2, 0.25) is 0 Å². The highest BCUT2D eigenvalue weighted by Gasteiger charge is 2.30. The first-order chi connectivity index (χ1) is 12.6. The van der Waals surface area contributed by atoms with E-state index in [4.69, 9.17) is 0 Å². The zero-order valence-electron chi connectivity index (χ0n) is 14.9. The van der Waals surface area contributed by atoms with E-state index < -0.39 is 0 Å². The van der Waals surface area contributed by atoms with E-state index in [2.05, 4.69) is 39.0 Å². The van der Waals surface area contributed by atoms with Gasteiger partial charge in [0.25, 0.3) is 0 Å². The Morgan fingerprint density at radius 1 is 1.23 bits per heavy atom. The van der Waals surface area contributed by atoms with Gasteiger partial charge in [-0.3, -0.25) is 4.79 Å². The van der Waals surface area contributed by atoms with Gasteiger partial charge in [-0.2, -0.15) is 0 Å². The third kappa shape index (κ3) is 3.76. The van der Waals surface area contributed by atoms with Crippen molar-refractivity contribution >= 4 is 28.9 Å². The summed E-state index contributed by atoms with van der Waals surface area (Å²) in [6.45, 7) is 4.81. The Bertz CT molecular complexity index is 926. The van der Waals surface area contributed by atoms with Gasteiger partial charge < -0.3 is 4.57 Å². The third-order valence-electron chi connectivity index (χ3n) is 4.55. The fraction of sp³-hybridized carbons (Fsp3) is 0.350. The van der Waals surface area contributed by atoms with Gasteiger partial charge >= 0.3 is 0 Å². The highest BCUT2D eigenvalue weighted by molar-refractivity contribution is 7.99. The van der Waals surface area contributed by atoms with E-state index in [9.17, 15) is 4.79 Å². The predicted molar refractivity (Wildman–Crippen MR) is 106 cm³/mol. The molecule has 3 aromatic rings. The monoisotopic (exact) mass is 383 g/mol. The van der Waals surface area contributed by atoms with E-state index in [1.165, 1.54) is 35.0 Å². The van der Waals surface area contributed by atoms with Gasteiger partial charge in [0, 0.05) is 21.2 Å². The van der Waals surface area contributed by atoms with E-state index in [0.29, 0.717) is 11.7 Å². The largest absolute Gasteiger partial charge is 0.301 e. The number of Topliss-reactive ketones (excluding diaryl/α,β-unsaturated/α-hetero) is 1. The number of ketones is 1. The lowest BCUT2D eigenvalue weighted by Crippen LogP contribution is -2.08. The second-order valence-electron chi connectivity index (χ2n) is 6.73. The molecule has 0 saturated heterocycles. The minimum atomic E-state index is 0.166. The van der Waals surface area contributed by atoms with Gasteiger partial charge in [-0.1, -0.05) is 42.1 Å². The molecule has 0 radical (unpaired) electrons. The van der Waals surface area contributed by atoms with Crippen LogP contribution in [0, 0.1) is 13.8 Å². The summed E-state index contributed by atoms with van der Waals surface area (Å²) in [6.07, 6.45) is 2.37. The number of carbonyl (C=O) groups is 1. The molecule has 6 heteroatoms. The lowest BCUT2D eigenvalue weighted by atomic mass is 10.2. The van der Waals surface area contributed by atoms with Crippen molar-refractivity contribution in [3.8, 4) is 0 Å². The summed E-state index contributed by atoms with van der Waals surface area (Å²) in [5.74, 6) is 2.15. The molecule has 26 heavy (non-hydrogen) atoms. The Kier molecular flexibility index (Phi) is 4.96. The lowest BCUT2D eigenvalue weighted by Gasteiger charge is -2.10. The molecule has 0 aliphatic heterocycles. The molecule has 0 amide bonds. The maximum atomic E-state index is 12.6. The molecule has 4 nitrogen and oxygen atoms in total. The fourth-order valence-electron chi connectivity index (χ4n) is 3.08. The Hall–Kier alpha value is -1.92. The van der Waals surface area contributed by atoms with Crippen LogP contribution in [0.4, 0.5) is 0 Å². The second kappa shape index (κ2) is 7.37. The minimum absolute atomic E-state index is 0.166. The van der Waals surface area contributed by atoms with Gasteiger partial charge in [0.2, 0.25) is 0 Å². The van der Waals surface area contributed by atoms with E-state index in [1.807, 2.05) is 26.0 Å². The molecule has 1 aliphatic carbocycles. The maximum Gasteiger partial charge on any atom is 0.191 e. The summed E-state index contributed by atoms with van der Waals surface area (Å²) >= 11 is 3.17. The van der Waals surface area contributed by atoms with Gasteiger partial charge in [0.05, 0.1) is 12.3 Å². The Morgan fingerprint density at radius 2 is 2.00 bits per heavy atom. The number of thioether (sulfide) groups is 1. The molecular formula is C20H21N3OS2. The highest BCUT2D eigenvalue weighted by Crippen LogP contribution is 2.40. The molecule has 1 aliphatic rings. The average molecular weight is 384 g/mol. The van der Waals surface area contributed by atoms with E-state index in [-0.39, 0.29) is 5.78 Å². The lowest BCUT2D eigenvalue weighted by molar-refractivity contribution is 0.102. The number of aromatic nitrogens is 3. The summed E-state index contributed by atoms with van der Waals surface area (Å²) in [6, 6.07) is 12.4. The molecule has 4 rings (SSSR count). The fourth-order valence-corrected chi connectivity index (χ4v) is 4.85. The van der Waals surface area contributed by atoms with Crippen LogP contribution in [0.15, 0.2) is 41.6 Å². The first-order valence-electron chi connectivity index (χ1n) is 8.82. The first kappa shape index (κ1) is 17.5. The normalized spacial score (nSPS) is 13.9. The molecule has 1 aromatic carbocycles. The number of hydrogen-bond donors (Lipinski definition) is 0. The van der Waals surface area contributed by atoms with Crippen molar-refractivity contribution in [1.82, 2.24) is 14.8 Å². The standard InChI is InChI=1S/C20H21N3OS2/c1-13-10-17(14(2)26-13)18(24)12-25-20-22-21-19(16-8-9-16)23(20)11-15-6-4-3-5-7-15/h3-7,10,16H,8-9,11-12H2,1-2H3. The van der Waals surface area contributed by atoms with Gasteiger partial charge in [-0.25, -0.2) is 0 Å². The molecule has 2 heterocycles. The van der Waals surface area contributed by atoms with Crippen molar-refractivity contribution in [2.24, 2.45) is 0 Å². The molecule has 2 aromatic heterocycles. The molecule has 0 unspecified atom stereocenters. The molecular weight excluding hydrogens is 362 g/mol. The summed E-state index contributed by atoms with van der Waals surface area (Å²) in [5.41, 5.74) is 2.07. The Labute approximate surface area is 161 Å². The third-order valence-corrected chi connectivity index (χ3v) is 6.48. The number of nitrogens with zero attached hydrogens (tertiary/aromatic N) is 3. The van der Waals surface area contributed by atoms with Crippen LogP contribution in [0.5, 0.6) is 0 Å².